The summed E-state index contributed by atoms with van der Waals surface area (Å²) in [7, 11) is 0. The fourth-order valence-electron chi connectivity index (χ4n) is 3.39. The predicted octanol–water partition coefficient (Wildman–Crippen LogP) is 1.06. The van der Waals surface area contributed by atoms with Gasteiger partial charge in [0.25, 0.3) is 6.47 Å². The SMILES string of the molecule is O=C(/C=C/c1ccccc1)N[C@@H]1C[C@H](C(=O)NCCCn2ccnc2)C[C@H]1O.O=CO. The van der Waals surface area contributed by atoms with Gasteiger partial charge in [0.05, 0.1) is 18.5 Å². The van der Waals surface area contributed by atoms with E-state index in [-0.39, 0.29) is 24.2 Å². The zero-order valence-electron chi connectivity index (χ0n) is 17.1. The molecule has 9 nitrogen and oxygen atoms in total. The molecule has 3 rings (SSSR count). The van der Waals surface area contributed by atoms with Crippen molar-refractivity contribution in [3.63, 3.8) is 0 Å². The molecule has 1 aliphatic carbocycles. The highest BCUT2D eigenvalue weighted by Gasteiger charge is 2.37. The van der Waals surface area contributed by atoms with E-state index in [4.69, 9.17) is 9.90 Å². The number of hydrogen-bond acceptors (Lipinski definition) is 5. The Morgan fingerprint density at radius 1 is 1.23 bits per heavy atom. The number of amides is 2. The van der Waals surface area contributed by atoms with Crippen LogP contribution in [0.3, 0.4) is 0 Å². The van der Waals surface area contributed by atoms with Gasteiger partial charge in [-0.2, -0.15) is 0 Å². The second-order valence-corrected chi connectivity index (χ2v) is 7.15. The number of aliphatic hydroxyl groups is 1. The fraction of sp³-hybridized carbons (Fsp3) is 0.364. The third kappa shape index (κ3) is 8.43. The van der Waals surface area contributed by atoms with Crippen molar-refractivity contribution in [3.05, 3.63) is 60.7 Å². The summed E-state index contributed by atoms with van der Waals surface area (Å²) in [5.41, 5.74) is 0.928. The number of carboxylic acid groups (broad SMARTS) is 1. The van der Waals surface area contributed by atoms with Crippen LogP contribution in [0.15, 0.2) is 55.1 Å². The van der Waals surface area contributed by atoms with E-state index in [0.717, 1.165) is 18.5 Å². The number of nitrogens with zero attached hydrogens (tertiary/aromatic N) is 2. The molecule has 31 heavy (non-hydrogen) atoms. The Kier molecular flexibility index (Phi) is 9.96. The van der Waals surface area contributed by atoms with Crippen LogP contribution in [0.4, 0.5) is 0 Å². The lowest BCUT2D eigenvalue weighted by Gasteiger charge is -2.15. The van der Waals surface area contributed by atoms with Gasteiger partial charge in [-0.1, -0.05) is 30.3 Å². The highest BCUT2D eigenvalue weighted by molar-refractivity contribution is 5.92. The zero-order chi connectivity index (χ0) is 22.5. The normalized spacial score (nSPS) is 20.0. The van der Waals surface area contributed by atoms with E-state index in [1.54, 1.807) is 18.6 Å². The van der Waals surface area contributed by atoms with Crippen LogP contribution in [0.1, 0.15) is 24.8 Å². The van der Waals surface area contributed by atoms with Gasteiger partial charge in [0.2, 0.25) is 11.8 Å². The van der Waals surface area contributed by atoms with Gasteiger partial charge in [-0.15, -0.1) is 0 Å². The Labute approximate surface area is 180 Å². The van der Waals surface area contributed by atoms with Crippen molar-refractivity contribution in [1.82, 2.24) is 20.2 Å². The number of imidazole rings is 1. The van der Waals surface area contributed by atoms with Crippen LogP contribution in [0.25, 0.3) is 6.08 Å². The zero-order valence-corrected chi connectivity index (χ0v) is 17.1. The highest BCUT2D eigenvalue weighted by atomic mass is 16.3. The number of benzene rings is 1. The number of aryl methyl sites for hydroxylation is 1. The van der Waals surface area contributed by atoms with Crippen LogP contribution in [-0.2, 0) is 20.9 Å². The molecule has 2 aromatic rings. The molecule has 0 spiro atoms. The number of nitrogens with one attached hydrogen (secondary N) is 2. The first-order valence-corrected chi connectivity index (χ1v) is 10.1. The fourth-order valence-corrected chi connectivity index (χ4v) is 3.39. The topological polar surface area (TPSA) is 134 Å². The molecule has 1 aromatic carbocycles. The molecule has 1 aromatic heterocycles. The Hall–Kier alpha value is -3.46. The average Bonchev–Trinajstić information content (AvgIpc) is 3.41. The Balaban J connectivity index is 0.00000107. The van der Waals surface area contributed by atoms with Crippen molar-refractivity contribution >= 4 is 24.4 Å². The summed E-state index contributed by atoms with van der Waals surface area (Å²) in [5.74, 6) is -0.623. The second kappa shape index (κ2) is 13.0. The monoisotopic (exact) mass is 428 g/mol. The van der Waals surface area contributed by atoms with Crippen LogP contribution in [0.2, 0.25) is 0 Å². The van der Waals surface area contributed by atoms with Gasteiger partial charge >= 0.3 is 0 Å². The van der Waals surface area contributed by atoms with E-state index in [0.29, 0.717) is 19.4 Å². The molecule has 0 radical (unpaired) electrons. The third-order valence-corrected chi connectivity index (χ3v) is 4.91. The summed E-state index contributed by atoms with van der Waals surface area (Å²) in [5, 5.41) is 22.8. The van der Waals surface area contributed by atoms with Gasteiger partial charge in [0, 0.05) is 37.5 Å². The van der Waals surface area contributed by atoms with Gasteiger partial charge in [-0.25, -0.2) is 4.98 Å². The molecule has 0 aliphatic heterocycles. The van der Waals surface area contributed by atoms with Gasteiger partial charge < -0.3 is 25.4 Å². The lowest BCUT2D eigenvalue weighted by Crippen LogP contribution is -2.39. The molecule has 3 atom stereocenters. The number of carbonyl (C=O) groups excluding carboxylic acids is 2. The van der Waals surface area contributed by atoms with Crippen molar-refractivity contribution in [2.45, 2.75) is 38.0 Å². The molecular weight excluding hydrogens is 400 g/mol. The largest absolute Gasteiger partial charge is 0.483 e. The first kappa shape index (κ1) is 23.8. The standard InChI is InChI=1S/C21H26N4O3.CH2O2/c26-19-14-17(21(28)23-9-4-11-25-12-10-22-15-25)13-18(19)24-20(27)8-7-16-5-2-1-3-6-16;2-1-3/h1-3,5-8,10,12,15,17-19,26H,4,9,11,13-14H2,(H,23,28)(H,24,27);1H,(H,2,3)/b8-7+;/t17-,18+,19+;/m0./s1. The van der Waals surface area contributed by atoms with Crippen LogP contribution < -0.4 is 10.6 Å². The molecule has 2 amide bonds. The summed E-state index contributed by atoms with van der Waals surface area (Å²) in [4.78, 5) is 36.8. The highest BCUT2D eigenvalue weighted by Crippen LogP contribution is 2.26. The van der Waals surface area contributed by atoms with Gasteiger partial charge in [0.15, 0.2) is 0 Å². The average molecular weight is 428 g/mol. The maximum Gasteiger partial charge on any atom is 0.290 e. The second-order valence-electron chi connectivity index (χ2n) is 7.15. The summed E-state index contributed by atoms with van der Waals surface area (Å²) in [6.07, 6.45) is 9.43. The van der Waals surface area contributed by atoms with E-state index in [1.165, 1.54) is 6.08 Å². The lowest BCUT2D eigenvalue weighted by atomic mass is 10.1. The van der Waals surface area contributed by atoms with E-state index in [9.17, 15) is 14.7 Å². The van der Waals surface area contributed by atoms with Crippen LogP contribution in [0, 0.1) is 5.92 Å². The molecule has 1 saturated carbocycles. The lowest BCUT2D eigenvalue weighted by molar-refractivity contribution is -0.125. The predicted molar refractivity (Wildman–Crippen MR) is 115 cm³/mol. The summed E-state index contributed by atoms with van der Waals surface area (Å²) in [6, 6.07) is 9.11. The molecule has 0 saturated heterocycles. The molecule has 0 bridgehead atoms. The molecule has 1 aliphatic rings. The smallest absolute Gasteiger partial charge is 0.290 e. The Morgan fingerprint density at radius 2 is 1.97 bits per heavy atom. The molecule has 4 N–H and O–H groups in total. The summed E-state index contributed by atoms with van der Waals surface area (Å²) in [6.45, 7) is 1.11. The van der Waals surface area contributed by atoms with Crippen molar-refractivity contribution < 1.29 is 24.6 Å². The number of rotatable bonds is 8. The van der Waals surface area contributed by atoms with Crippen LogP contribution >= 0.6 is 0 Å². The van der Waals surface area contributed by atoms with Gasteiger partial charge in [0.1, 0.15) is 0 Å². The maximum atomic E-state index is 12.3. The summed E-state index contributed by atoms with van der Waals surface area (Å²) < 4.78 is 1.96. The summed E-state index contributed by atoms with van der Waals surface area (Å²) >= 11 is 0. The van der Waals surface area contributed by atoms with Crippen LogP contribution in [-0.4, -0.2) is 56.7 Å². The molecule has 1 heterocycles. The number of hydrogen-bond donors (Lipinski definition) is 4. The minimum absolute atomic E-state index is 0.0683. The van der Waals surface area contributed by atoms with E-state index in [2.05, 4.69) is 15.6 Å². The Bertz CT molecular complexity index is 839. The first-order chi connectivity index (χ1) is 15.0. The van der Waals surface area contributed by atoms with E-state index < -0.39 is 12.1 Å². The minimum atomic E-state index is -0.712. The van der Waals surface area contributed by atoms with Gasteiger partial charge in [-0.3, -0.25) is 14.4 Å². The Morgan fingerprint density at radius 3 is 2.65 bits per heavy atom. The molecule has 1 fully saturated rings. The maximum absolute atomic E-state index is 12.3. The van der Waals surface area contributed by atoms with E-state index in [1.807, 2.05) is 41.1 Å². The molecule has 166 valence electrons. The molecule has 9 heteroatoms. The van der Waals surface area contributed by atoms with Crippen molar-refractivity contribution in [2.24, 2.45) is 5.92 Å². The van der Waals surface area contributed by atoms with Gasteiger partial charge in [-0.05, 0) is 30.9 Å². The number of aliphatic hydroxyl groups excluding tert-OH is 1. The van der Waals surface area contributed by atoms with Crippen LogP contribution in [0.5, 0.6) is 0 Å². The minimum Gasteiger partial charge on any atom is -0.483 e. The number of aromatic nitrogens is 2. The van der Waals surface area contributed by atoms with Crippen molar-refractivity contribution in [2.75, 3.05) is 6.54 Å². The molecular formula is C22H28N4O5. The van der Waals surface area contributed by atoms with E-state index >= 15 is 0 Å². The number of carbonyl (C=O) groups is 3. The quantitative estimate of drug-likeness (QED) is 0.282. The molecule has 0 unspecified atom stereocenters. The third-order valence-electron chi connectivity index (χ3n) is 4.91. The first-order valence-electron chi connectivity index (χ1n) is 10.1. The van der Waals surface area contributed by atoms with Crippen molar-refractivity contribution in [3.8, 4) is 0 Å². The van der Waals surface area contributed by atoms with Crippen molar-refractivity contribution in [1.29, 1.82) is 0 Å².